The number of carbonyl (C=O) groups excluding carboxylic acids is 1. The molecule has 0 aliphatic carbocycles. The summed E-state index contributed by atoms with van der Waals surface area (Å²) in [5.74, 6) is -0.643. The average molecular weight is 284 g/mol. The van der Waals surface area contributed by atoms with E-state index in [2.05, 4.69) is 0 Å². The number of ether oxygens (including phenoxy) is 2. The van der Waals surface area contributed by atoms with E-state index >= 15 is 0 Å². The van der Waals surface area contributed by atoms with E-state index in [9.17, 15) is 19.7 Å². The van der Waals surface area contributed by atoms with Crippen molar-refractivity contribution in [3.05, 3.63) is 38.3 Å². The van der Waals surface area contributed by atoms with Gasteiger partial charge in [-0.1, -0.05) is 0 Å². The third-order valence-corrected chi connectivity index (χ3v) is 2.55. The summed E-state index contributed by atoms with van der Waals surface area (Å²) in [5.41, 5.74) is -0.947. The molecule has 1 aromatic rings. The van der Waals surface area contributed by atoms with Crippen molar-refractivity contribution in [3.8, 4) is 0 Å². The lowest BCUT2D eigenvalue weighted by Gasteiger charge is -2.09. The van der Waals surface area contributed by atoms with Crippen molar-refractivity contribution in [3.63, 3.8) is 0 Å². The average Bonchev–Trinajstić information content (AvgIpc) is 2.39. The number of aryl methyl sites for hydroxylation is 1. The smallest absolute Gasteiger partial charge is 0.334 e. The number of pyridine rings is 1. The molecule has 1 aromatic heterocycles. The van der Waals surface area contributed by atoms with Crippen LogP contribution in [0.4, 0.5) is 5.69 Å². The lowest BCUT2D eigenvalue weighted by atomic mass is 10.3. The first-order chi connectivity index (χ1) is 9.47. The summed E-state index contributed by atoms with van der Waals surface area (Å²) in [7, 11) is 0. The van der Waals surface area contributed by atoms with Gasteiger partial charge in [-0.05, 0) is 19.9 Å². The Hall–Kier alpha value is -2.22. The summed E-state index contributed by atoms with van der Waals surface area (Å²) >= 11 is 0. The minimum Gasteiger partial charge on any atom is -0.462 e. The van der Waals surface area contributed by atoms with Crippen molar-refractivity contribution >= 4 is 11.7 Å². The SMILES string of the molecule is CCOCCOC(=O)Cn1c(C)ccc([N+](=O)[O-])c1=O. The highest BCUT2D eigenvalue weighted by molar-refractivity contribution is 5.69. The predicted molar refractivity (Wildman–Crippen MR) is 69.5 cm³/mol. The molecule has 0 fully saturated rings. The fraction of sp³-hybridized carbons (Fsp3) is 0.500. The Morgan fingerprint density at radius 2 is 2.10 bits per heavy atom. The molecule has 0 spiro atoms. The lowest BCUT2D eigenvalue weighted by Crippen LogP contribution is -2.29. The molecule has 0 amide bonds. The van der Waals surface area contributed by atoms with Crippen LogP contribution in [0, 0.1) is 17.0 Å². The van der Waals surface area contributed by atoms with Crippen molar-refractivity contribution in [2.45, 2.75) is 20.4 Å². The highest BCUT2D eigenvalue weighted by Crippen LogP contribution is 2.05. The summed E-state index contributed by atoms with van der Waals surface area (Å²) in [4.78, 5) is 33.3. The fourth-order valence-corrected chi connectivity index (χ4v) is 1.53. The summed E-state index contributed by atoms with van der Waals surface area (Å²) in [6, 6.07) is 2.53. The van der Waals surface area contributed by atoms with E-state index in [-0.39, 0.29) is 19.8 Å². The highest BCUT2D eigenvalue weighted by Gasteiger charge is 2.17. The van der Waals surface area contributed by atoms with Crippen LogP contribution in [-0.2, 0) is 20.8 Å². The van der Waals surface area contributed by atoms with E-state index in [1.807, 2.05) is 6.92 Å². The van der Waals surface area contributed by atoms with Gasteiger partial charge in [0.15, 0.2) is 0 Å². The second kappa shape index (κ2) is 7.39. The van der Waals surface area contributed by atoms with Crippen LogP contribution in [0.3, 0.4) is 0 Å². The molecule has 0 aliphatic heterocycles. The Balaban J connectivity index is 2.77. The Kier molecular flexibility index (Phi) is 5.85. The molecule has 8 nitrogen and oxygen atoms in total. The summed E-state index contributed by atoms with van der Waals surface area (Å²) in [5, 5.41) is 10.7. The van der Waals surface area contributed by atoms with Crippen molar-refractivity contribution in [1.82, 2.24) is 4.57 Å². The maximum absolute atomic E-state index is 11.8. The summed E-state index contributed by atoms with van der Waals surface area (Å²) < 4.78 is 10.9. The molecule has 0 radical (unpaired) electrons. The molecule has 1 heterocycles. The van der Waals surface area contributed by atoms with Crippen LogP contribution in [-0.4, -0.2) is 35.3 Å². The highest BCUT2D eigenvalue weighted by atomic mass is 16.6. The first-order valence-corrected chi connectivity index (χ1v) is 6.05. The molecule has 0 N–H and O–H groups in total. The number of hydrogen-bond donors (Lipinski definition) is 0. The van der Waals surface area contributed by atoms with Gasteiger partial charge in [-0.25, -0.2) is 0 Å². The monoisotopic (exact) mass is 284 g/mol. The largest absolute Gasteiger partial charge is 0.462 e. The minimum atomic E-state index is -0.822. The molecular weight excluding hydrogens is 268 g/mol. The zero-order valence-corrected chi connectivity index (χ0v) is 11.3. The van der Waals surface area contributed by atoms with Crippen molar-refractivity contribution in [1.29, 1.82) is 0 Å². The number of nitro groups is 1. The molecule has 0 unspecified atom stereocenters. The van der Waals surface area contributed by atoms with E-state index in [4.69, 9.17) is 9.47 Å². The van der Waals surface area contributed by atoms with Gasteiger partial charge in [0.2, 0.25) is 0 Å². The topological polar surface area (TPSA) is 101 Å². The van der Waals surface area contributed by atoms with Gasteiger partial charge in [0.25, 0.3) is 0 Å². The standard InChI is InChI=1S/C12H16N2O6/c1-3-19-6-7-20-11(15)8-13-9(2)4-5-10(12(13)16)14(17)18/h4-5H,3,6-8H2,1-2H3. The van der Waals surface area contributed by atoms with Gasteiger partial charge in [-0.2, -0.15) is 0 Å². The second-order valence-electron chi connectivity index (χ2n) is 3.93. The molecule has 110 valence electrons. The number of rotatable bonds is 7. The first-order valence-electron chi connectivity index (χ1n) is 6.05. The van der Waals surface area contributed by atoms with Gasteiger partial charge in [0.1, 0.15) is 13.2 Å². The molecule has 0 saturated heterocycles. The Morgan fingerprint density at radius 3 is 2.70 bits per heavy atom. The normalized spacial score (nSPS) is 10.3. The third-order valence-electron chi connectivity index (χ3n) is 2.55. The van der Waals surface area contributed by atoms with Crippen LogP contribution in [0.2, 0.25) is 0 Å². The zero-order valence-electron chi connectivity index (χ0n) is 11.3. The second-order valence-corrected chi connectivity index (χ2v) is 3.93. The molecule has 0 aromatic carbocycles. The van der Waals surface area contributed by atoms with E-state index in [1.165, 1.54) is 6.07 Å². The number of esters is 1. The van der Waals surface area contributed by atoms with E-state index in [0.29, 0.717) is 12.3 Å². The number of aromatic nitrogens is 1. The van der Waals surface area contributed by atoms with Crippen molar-refractivity contribution in [2.75, 3.05) is 19.8 Å². The molecule has 0 bridgehead atoms. The molecule has 0 atom stereocenters. The molecule has 1 rings (SSSR count). The van der Waals surface area contributed by atoms with Gasteiger partial charge < -0.3 is 9.47 Å². The number of carbonyl (C=O) groups is 1. The Bertz CT molecular complexity index is 551. The van der Waals surface area contributed by atoms with E-state index in [1.54, 1.807) is 6.92 Å². The lowest BCUT2D eigenvalue weighted by molar-refractivity contribution is -0.386. The third kappa shape index (κ3) is 4.16. The van der Waals surface area contributed by atoms with Gasteiger partial charge in [-0.3, -0.25) is 24.3 Å². The van der Waals surface area contributed by atoms with Crippen molar-refractivity contribution in [2.24, 2.45) is 0 Å². The van der Waals surface area contributed by atoms with Gasteiger partial charge >= 0.3 is 17.2 Å². The van der Waals surface area contributed by atoms with Crippen LogP contribution >= 0.6 is 0 Å². The maximum atomic E-state index is 11.8. The molecular formula is C12H16N2O6. The molecule has 20 heavy (non-hydrogen) atoms. The summed E-state index contributed by atoms with van der Waals surface area (Å²) in [6.07, 6.45) is 0. The van der Waals surface area contributed by atoms with Crippen LogP contribution < -0.4 is 5.56 Å². The number of hydrogen-bond acceptors (Lipinski definition) is 6. The van der Waals surface area contributed by atoms with Gasteiger partial charge in [0.05, 0.1) is 11.5 Å². The maximum Gasteiger partial charge on any atom is 0.334 e. The van der Waals surface area contributed by atoms with Gasteiger partial charge in [0, 0.05) is 18.4 Å². The van der Waals surface area contributed by atoms with Crippen molar-refractivity contribution < 1.29 is 19.2 Å². The Labute approximate surface area is 115 Å². The fourth-order valence-electron chi connectivity index (χ4n) is 1.53. The van der Waals surface area contributed by atoms with E-state index < -0.39 is 22.1 Å². The van der Waals surface area contributed by atoms with Gasteiger partial charge in [-0.15, -0.1) is 0 Å². The number of nitrogens with zero attached hydrogens (tertiary/aromatic N) is 2. The van der Waals surface area contributed by atoms with E-state index in [0.717, 1.165) is 10.6 Å². The minimum absolute atomic E-state index is 0.0788. The van der Waals surface area contributed by atoms with Crippen LogP contribution in [0.25, 0.3) is 0 Å². The van der Waals surface area contributed by atoms with Crippen LogP contribution in [0.15, 0.2) is 16.9 Å². The zero-order chi connectivity index (χ0) is 15.1. The molecule has 8 heteroatoms. The molecule has 0 aliphatic rings. The van der Waals surface area contributed by atoms with Crippen LogP contribution in [0.5, 0.6) is 0 Å². The summed E-state index contributed by atoms with van der Waals surface area (Å²) in [6.45, 7) is 3.90. The molecule has 0 saturated carbocycles. The van der Waals surface area contributed by atoms with Crippen LogP contribution in [0.1, 0.15) is 12.6 Å². The predicted octanol–water partition coefficient (Wildman–Crippen LogP) is 0.645. The quantitative estimate of drug-likeness (QED) is 0.315. The first kappa shape index (κ1) is 15.8. The Morgan fingerprint density at radius 1 is 1.40 bits per heavy atom.